The Bertz CT molecular complexity index is 1270. The summed E-state index contributed by atoms with van der Waals surface area (Å²) in [5.74, 6) is 1.91. The number of aryl methyl sites for hydroxylation is 2. The third-order valence-electron chi connectivity index (χ3n) is 7.68. The van der Waals surface area contributed by atoms with Crippen LogP contribution in [0.25, 0.3) is 11.0 Å². The number of anilines is 1. The Kier molecular flexibility index (Phi) is 6.58. The minimum atomic E-state index is -3.42. The van der Waals surface area contributed by atoms with Crippen LogP contribution in [-0.2, 0) is 16.4 Å². The zero-order chi connectivity index (χ0) is 24.6. The number of β-amino-alcohol motifs (C(OH)–C–C–N with tert-alkyl or cyclic N) is 1. The van der Waals surface area contributed by atoms with Gasteiger partial charge in [0, 0.05) is 44.9 Å². The van der Waals surface area contributed by atoms with E-state index in [-0.39, 0.29) is 18.2 Å². The van der Waals surface area contributed by atoms with Crippen molar-refractivity contribution < 1.29 is 18.0 Å². The molecule has 3 aromatic rings. The van der Waals surface area contributed by atoms with Crippen molar-refractivity contribution >= 4 is 26.9 Å². The monoisotopic (exact) mass is 502 g/mol. The second-order valence-electron chi connectivity index (χ2n) is 10.2. The Morgan fingerprint density at radius 2 is 2.09 bits per heavy atom. The van der Waals surface area contributed by atoms with Crippen molar-refractivity contribution in [2.75, 3.05) is 30.8 Å². The van der Waals surface area contributed by atoms with Gasteiger partial charge < -0.3 is 19.5 Å². The van der Waals surface area contributed by atoms with E-state index < -0.39 is 15.6 Å². The van der Waals surface area contributed by atoms with Crippen molar-refractivity contribution in [2.24, 2.45) is 5.92 Å². The number of rotatable bonds is 8. The van der Waals surface area contributed by atoms with Gasteiger partial charge in [0.15, 0.2) is 0 Å². The van der Waals surface area contributed by atoms with Crippen LogP contribution in [0.4, 0.5) is 5.82 Å². The van der Waals surface area contributed by atoms with E-state index in [1.54, 1.807) is 6.33 Å². The standard InChI is InChI=1S/C24H34N6O4S/c1-17-13-20(34-28-17)7-9-24(31)10-12-30(15-24)35(32,33)14-18-3-5-19(6-4-18)29(2)23-21-8-11-25-22(21)26-16-27-23/h8,11,13,16,18-19,31H,3-7,9-10,12,14-15H2,1-2H3,(H,25,26,27). The van der Waals surface area contributed by atoms with Crippen LogP contribution >= 0.6 is 0 Å². The lowest BCUT2D eigenvalue weighted by Gasteiger charge is -2.35. The predicted molar refractivity (Wildman–Crippen MR) is 133 cm³/mol. The maximum atomic E-state index is 13.2. The number of nitrogens with zero attached hydrogens (tertiary/aromatic N) is 5. The average molecular weight is 503 g/mol. The molecule has 1 aliphatic heterocycles. The number of aromatic nitrogens is 4. The third-order valence-corrected chi connectivity index (χ3v) is 9.67. The highest BCUT2D eigenvalue weighted by Crippen LogP contribution is 2.34. The molecular formula is C24H34N6O4S. The quantitative estimate of drug-likeness (QED) is 0.481. The Morgan fingerprint density at radius 3 is 2.83 bits per heavy atom. The van der Waals surface area contributed by atoms with Crippen molar-refractivity contribution in [3.8, 4) is 0 Å². The van der Waals surface area contributed by atoms with E-state index >= 15 is 0 Å². The average Bonchev–Trinajstić information content (AvgIpc) is 3.57. The van der Waals surface area contributed by atoms with E-state index in [4.69, 9.17) is 4.52 Å². The Labute approximate surface area is 205 Å². The molecule has 190 valence electrons. The lowest BCUT2D eigenvalue weighted by atomic mass is 9.86. The molecule has 1 unspecified atom stereocenters. The molecule has 10 nitrogen and oxygen atoms in total. The van der Waals surface area contributed by atoms with Gasteiger partial charge in [-0.05, 0) is 57.4 Å². The molecule has 5 rings (SSSR count). The molecule has 2 fully saturated rings. The first-order chi connectivity index (χ1) is 16.7. The maximum Gasteiger partial charge on any atom is 0.214 e. The number of sulfonamides is 1. The number of nitrogens with one attached hydrogen (secondary N) is 1. The maximum absolute atomic E-state index is 13.2. The predicted octanol–water partition coefficient (Wildman–Crippen LogP) is 2.65. The van der Waals surface area contributed by atoms with E-state index in [1.165, 1.54) is 4.31 Å². The molecule has 0 spiro atoms. The van der Waals surface area contributed by atoms with Gasteiger partial charge in [0.05, 0.1) is 22.4 Å². The van der Waals surface area contributed by atoms with E-state index in [2.05, 4.69) is 32.1 Å². The molecule has 0 aromatic carbocycles. The largest absolute Gasteiger partial charge is 0.388 e. The summed E-state index contributed by atoms with van der Waals surface area (Å²) in [6.45, 7) is 2.38. The van der Waals surface area contributed by atoms with Crippen LogP contribution in [0, 0.1) is 12.8 Å². The van der Waals surface area contributed by atoms with Crippen molar-refractivity contribution in [1.29, 1.82) is 0 Å². The van der Waals surface area contributed by atoms with Crippen molar-refractivity contribution in [3.05, 3.63) is 36.1 Å². The van der Waals surface area contributed by atoms with E-state index in [0.29, 0.717) is 31.8 Å². The number of fused-ring (bicyclic) bond motifs is 1. The first kappa shape index (κ1) is 24.2. The second kappa shape index (κ2) is 9.51. The summed E-state index contributed by atoms with van der Waals surface area (Å²) < 4.78 is 33.1. The summed E-state index contributed by atoms with van der Waals surface area (Å²) in [7, 11) is -1.36. The zero-order valence-electron chi connectivity index (χ0n) is 20.4. The summed E-state index contributed by atoms with van der Waals surface area (Å²) in [5.41, 5.74) is 0.608. The van der Waals surface area contributed by atoms with Crippen LogP contribution in [0.3, 0.4) is 0 Å². The number of aromatic amines is 1. The molecule has 1 atom stereocenters. The molecule has 0 radical (unpaired) electrons. The van der Waals surface area contributed by atoms with Crippen LogP contribution in [0.2, 0.25) is 0 Å². The molecular weight excluding hydrogens is 468 g/mol. The van der Waals surface area contributed by atoms with Gasteiger partial charge in [-0.25, -0.2) is 18.4 Å². The number of H-pyrrole nitrogens is 1. The van der Waals surface area contributed by atoms with Crippen molar-refractivity contribution in [1.82, 2.24) is 24.4 Å². The molecule has 0 amide bonds. The highest BCUT2D eigenvalue weighted by atomic mass is 32.2. The molecule has 1 saturated heterocycles. The first-order valence-corrected chi connectivity index (χ1v) is 14.0. The second-order valence-corrected chi connectivity index (χ2v) is 12.3. The van der Waals surface area contributed by atoms with Gasteiger partial charge in [0.2, 0.25) is 10.0 Å². The van der Waals surface area contributed by atoms with Gasteiger partial charge in [-0.15, -0.1) is 0 Å². The van der Waals surface area contributed by atoms with Crippen LogP contribution in [0.1, 0.15) is 50.0 Å². The molecule has 2 aliphatic rings. The smallest absolute Gasteiger partial charge is 0.214 e. The fourth-order valence-electron chi connectivity index (χ4n) is 5.57. The summed E-state index contributed by atoms with van der Waals surface area (Å²) in [6, 6.07) is 4.16. The SMILES string of the molecule is Cc1cc(CCC2(O)CCN(S(=O)(=O)CC3CCC(N(C)c4ncnc5[nH]ccc45)CC3)C2)on1. The van der Waals surface area contributed by atoms with Crippen LogP contribution < -0.4 is 4.90 Å². The number of hydrogen-bond acceptors (Lipinski definition) is 8. The topological polar surface area (TPSA) is 128 Å². The molecule has 1 aliphatic carbocycles. The Balaban J connectivity index is 1.13. The molecule has 3 aromatic heterocycles. The van der Waals surface area contributed by atoms with Gasteiger partial charge in [-0.3, -0.25) is 0 Å². The van der Waals surface area contributed by atoms with E-state index in [1.807, 2.05) is 25.3 Å². The van der Waals surface area contributed by atoms with Crippen LogP contribution in [-0.4, -0.2) is 75.5 Å². The fourth-order valence-corrected chi connectivity index (χ4v) is 7.51. The molecule has 1 saturated carbocycles. The van der Waals surface area contributed by atoms with Crippen molar-refractivity contribution in [2.45, 2.75) is 63.5 Å². The highest BCUT2D eigenvalue weighted by Gasteiger charge is 2.42. The third kappa shape index (κ3) is 5.22. The van der Waals surface area contributed by atoms with Crippen LogP contribution in [0.15, 0.2) is 29.2 Å². The lowest BCUT2D eigenvalue weighted by Crippen LogP contribution is -2.40. The highest BCUT2D eigenvalue weighted by molar-refractivity contribution is 7.89. The van der Waals surface area contributed by atoms with Gasteiger partial charge in [-0.1, -0.05) is 5.16 Å². The minimum absolute atomic E-state index is 0.133. The Morgan fingerprint density at radius 1 is 1.29 bits per heavy atom. The number of hydrogen-bond donors (Lipinski definition) is 2. The van der Waals surface area contributed by atoms with Gasteiger partial charge in [0.25, 0.3) is 0 Å². The van der Waals surface area contributed by atoms with E-state index in [9.17, 15) is 13.5 Å². The van der Waals surface area contributed by atoms with Gasteiger partial charge in [-0.2, -0.15) is 4.31 Å². The molecule has 4 heterocycles. The number of aliphatic hydroxyl groups is 1. The summed E-state index contributed by atoms with van der Waals surface area (Å²) in [4.78, 5) is 14.1. The fraction of sp³-hybridized carbons (Fsp3) is 0.625. The molecule has 2 N–H and O–H groups in total. The zero-order valence-corrected chi connectivity index (χ0v) is 21.2. The van der Waals surface area contributed by atoms with Gasteiger partial charge in [0.1, 0.15) is 23.6 Å². The first-order valence-electron chi connectivity index (χ1n) is 12.4. The van der Waals surface area contributed by atoms with Gasteiger partial charge >= 0.3 is 0 Å². The summed E-state index contributed by atoms with van der Waals surface area (Å²) in [6.07, 6.45) is 8.47. The van der Waals surface area contributed by atoms with E-state index in [0.717, 1.165) is 54.0 Å². The molecule has 0 bridgehead atoms. The van der Waals surface area contributed by atoms with Crippen molar-refractivity contribution in [3.63, 3.8) is 0 Å². The van der Waals surface area contributed by atoms with Crippen LogP contribution in [0.5, 0.6) is 0 Å². The molecule has 11 heteroatoms. The summed E-state index contributed by atoms with van der Waals surface area (Å²) in [5, 5.41) is 15.9. The lowest BCUT2D eigenvalue weighted by molar-refractivity contribution is 0.0455. The Hall–Kier alpha value is -2.50. The normalized spacial score (nSPS) is 25.9. The minimum Gasteiger partial charge on any atom is -0.388 e. The molecule has 35 heavy (non-hydrogen) atoms. The summed E-state index contributed by atoms with van der Waals surface area (Å²) >= 11 is 0.